The van der Waals surface area contributed by atoms with Crippen LogP contribution in [0.25, 0.3) is 0 Å². The standard InChI is InChI=1S/C13H16BrNO5/c1-8(15-12(16)6-20-7-13(17)18)9-3-4-11(19-2)10(14)5-9/h3-5,8H,6-7H2,1-2H3,(H,15,16)(H,17,18). The minimum absolute atomic E-state index is 0.224. The van der Waals surface area contributed by atoms with Crippen molar-refractivity contribution >= 4 is 27.8 Å². The largest absolute Gasteiger partial charge is 0.496 e. The third kappa shape index (κ3) is 5.18. The fourth-order valence-electron chi connectivity index (χ4n) is 1.55. The fourth-order valence-corrected chi connectivity index (χ4v) is 2.11. The molecule has 110 valence electrons. The molecular formula is C13H16BrNO5. The lowest BCUT2D eigenvalue weighted by Crippen LogP contribution is -2.30. The average Bonchev–Trinajstić information content (AvgIpc) is 2.38. The summed E-state index contributed by atoms with van der Waals surface area (Å²) in [6.45, 7) is 1.05. The molecule has 0 aromatic heterocycles. The van der Waals surface area contributed by atoms with E-state index in [1.807, 2.05) is 19.1 Å². The predicted molar refractivity (Wildman–Crippen MR) is 75.7 cm³/mol. The van der Waals surface area contributed by atoms with E-state index in [0.29, 0.717) is 5.75 Å². The van der Waals surface area contributed by atoms with Gasteiger partial charge in [0.05, 0.1) is 17.6 Å². The Balaban J connectivity index is 2.53. The highest BCUT2D eigenvalue weighted by Gasteiger charge is 2.12. The fraction of sp³-hybridized carbons (Fsp3) is 0.385. The number of benzene rings is 1. The molecule has 20 heavy (non-hydrogen) atoms. The summed E-state index contributed by atoms with van der Waals surface area (Å²) in [5, 5.41) is 11.1. The van der Waals surface area contributed by atoms with E-state index >= 15 is 0 Å². The lowest BCUT2D eigenvalue weighted by atomic mass is 10.1. The van der Waals surface area contributed by atoms with Crippen molar-refractivity contribution in [1.82, 2.24) is 5.32 Å². The van der Waals surface area contributed by atoms with Gasteiger partial charge in [-0.1, -0.05) is 6.07 Å². The van der Waals surface area contributed by atoms with Crippen LogP contribution in [0.1, 0.15) is 18.5 Å². The minimum Gasteiger partial charge on any atom is -0.496 e. The molecule has 0 radical (unpaired) electrons. The average molecular weight is 346 g/mol. The number of nitrogens with one attached hydrogen (secondary N) is 1. The van der Waals surface area contributed by atoms with Gasteiger partial charge in [-0.3, -0.25) is 4.79 Å². The smallest absolute Gasteiger partial charge is 0.329 e. The molecule has 0 heterocycles. The van der Waals surface area contributed by atoms with Crippen molar-refractivity contribution in [3.05, 3.63) is 28.2 Å². The molecule has 0 bridgehead atoms. The second kappa shape index (κ2) is 7.86. The third-order valence-corrected chi connectivity index (χ3v) is 3.13. The van der Waals surface area contributed by atoms with E-state index < -0.39 is 12.6 Å². The number of carbonyl (C=O) groups excluding carboxylic acids is 1. The monoisotopic (exact) mass is 345 g/mol. The zero-order valence-electron chi connectivity index (χ0n) is 11.2. The molecule has 6 nitrogen and oxygen atoms in total. The maximum absolute atomic E-state index is 11.6. The Labute approximate surface area is 125 Å². The van der Waals surface area contributed by atoms with Crippen LogP contribution in [0.4, 0.5) is 0 Å². The number of carboxylic acid groups (broad SMARTS) is 1. The van der Waals surface area contributed by atoms with Crippen LogP contribution < -0.4 is 10.1 Å². The highest BCUT2D eigenvalue weighted by atomic mass is 79.9. The van der Waals surface area contributed by atoms with Crippen molar-refractivity contribution in [1.29, 1.82) is 0 Å². The Kier molecular flexibility index (Phi) is 6.47. The zero-order valence-corrected chi connectivity index (χ0v) is 12.8. The summed E-state index contributed by atoms with van der Waals surface area (Å²) in [4.78, 5) is 21.8. The van der Waals surface area contributed by atoms with Crippen molar-refractivity contribution in [3.8, 4) is 5.75 Å². The van der Waals surface area contributed by atoms with Crippen LogP contribution in [-0.4, -0.2) is 37.3 Å². The molecule has 1 unspecified atom stereocenters. The van der Waals surface area contributed by atoms with Crippen LogP contribution in [0, 0.1) is 0 Å². The summed E-state index contributed by atoms with van der Waals surface area (Å²) in [6, 6.07) is 5.26. The Morgan fingerprint density at radius 3 is 2.65 bits per heavy atom. The molecule has 1 atom stereocenters. The van der Waals surface area contributed by atoms with E-state index in [1.165, 1.54) is 0 Å². The first-order chi connectivity index (χ1) is 9.43. The van der Waals surface area contributed by atoms with Gasteiger partial charge in [0.2, 0.25) is 5.91 Å². The highest BCUT2D eigenvalue weighted by Crippen LogP contribution is 2.27. The number of halogens is 1. The van der Waals surface area contributed by atoms with Crippen molar-refractivity contribution < 1.29 is 24.2 Å². The molecule has 7 heteroatoms. The van der Waals surface area contributed by atoms with E-state index in [-0.39, 0.29) is 18.6 Å². The predicted octanol–water partition coefficient (Wildman–Crippen LogP) is 1.74. The van der Waals surface area contributed by atoms with Gasteiger partial charge in [0.1, 0.15) is 19.0 Å². The number of carbonyl (C=O) groups is 2. The molecule has 0 spiro atoms. The SMILES string of the molecule is COc1ccc(C(C)NC(=O)COCC(=O)O)cc1Br. The van der Waals surface area contributed by atoms with Gasteiger partial charge < -0.3 is 19.9 Å². The Morgan fingerprint density at radius 1 is 1.40 bits per heavy atom. The van der Waals surface area contributed by atoms with E-state index in [9.17, 15) is 9.59 Å². The maximum atomic E-state index is 11.6. The molecule has 0 saturated carbocycles. The Morgan fingerprint density at radius 2 is 2.10 bits per heavy atom. The van der Waals surface area contributed by atoms with Gasteiger partial charge in [0.25, 0.3) is 0 Å². The first-order valence-electron chi connectivity index (χ1n) is 5.86. The van der Waals surface area contributed by atoms with Gasteiger partial charge in [-0.15, -0.1) is 0 Å². The van der Waals surface area contributed by atoms with Crippen molar-refractivity contribution in [2.45, 2.75) is 13.0 Å². The number of ether oxygens (including phenoxy) is 2. The zero-order chi connectivity index (χ0) is 15.1. The van der Waals surface area contributed by atoms with E-state index in [0.717, 1.165) is 10.0 Å². The van der Waals surface area contributed by atoms with Crippen molar-refractivity contribution in [2.75, 3.05) is 20.3 Å². The minimum atomic E-state index is -1.11. The maximum Gasteiger partial charge on any atom is 0.329 e. The Bertz CT molecular complexity index is 492. The molecule has 2 N–H and O–H groups in total. The lowest BCUT2D eigenvalue weighted by molar-refractivity contribution is -0.143. The van der Waals surface area contributed by atoms with Gasteiger partial charge in [-0.25, -0.2) is 4.79 Å². The van der Waals surface area contributed by atoms with E-state index in [2.05, 4.69) is 21.2 Å². The molecular weight excluding hydrogens is 330 g/mol. The molecule has 0 aliphatic heterocycles. The van der Waals surface area contributed by atoms with Crippen LogP contribution in [0.3, 0.4) is 0 Å². The summed E-state index contributed by atoms with van der Waals surface area (Å²) < 4.78 is 10.6. The molecule has 0 aliphatic rings. The second-order valence-electron chi connectivity index (χ2n) is 4.07. The Hall–Kier alpha value is -1.60. The topological polar surface area (TPSA) is 84.9 Å². The quantitative estimate of drug-likeness (QED) is 0.786. The molecule has 1 amide bonds. The number of hydrogen-bond donors (Lipinski definition) is 2. The van der Waals surface area contributed by atoms with Crippen molar-refractivity contribution in [3.63, 3.8) is 0 Å². The number of aliphatic carboxylic acids is 1. The number of rotatable bonds is 7. The van der Waals surface area contributed by atoms with Crippen molar-refractivity contribution in [2.24, 2.45) is 0 Å². The van der Waals surface area contributed by atoms with Gasteiger partial charge in [0, 0.05) is 0 Å². The second-order valence-corrected chi connectivity index (χ2v) is 4.92. The summed E-state index contributed by atoms with van der Waals surface area (Å²) in [5.74, 6) is -0.771. The van der Waals surface area contributed by atoms with Crippen LogP contribution in [0.15, 0.2) is 22.7 Å². The number of hydrogen-bond acceptors (Lipinski definition) is 4. The first-order valence-corrected chi connectivity index (χ1v) is 6.65. The highest BCUT2D eigenvalue weighted by molar-refractivity contribution is 9.10. The van der Waals surface area contributed by atoms with Gasteiger partial charge in [-0.2, -0.15) is 0 Å². The number of carboxylic acids is 1. The van der Waals surface area contributed by atoms with Crippen LogP contribution in [0.2, 0.25) is 0 Å². The molecule has 0 saturated heterocycles. The third-order valence-electron chi connectivity index (χ3n) is 2.51. The van der Waals surface area contributed by atoms with E-state index in [1.54, 1.807) is 13.2 Å². The number of methoxy groups -OCH3 is 1. The normalized spacial score (nSPS) is 11.8. The lowest BCUT2D eigenvalue weighted by Gasteiger charge is -2.15. The van der Waals surface area contributed by atoms with Crippen LogP contribution >= 0.6 is 15.9 Å². The van der Waals surface area contributed by atoms with Gasteiger partial charge in [-0.05, 0) is 40.5 Å². The molecule has 0 fully saturated rings. The molecule has 1 aromatic carbocycles. The summed E-state index contributed by atoms with van der Waals surface area (Å²) in [5.41, 5.74) is 0.893. The summed E-state index contributed by atoms with van der Waals surface area (Å²) >= 11 is 3.37. The van der Waals surface area contributed by atoms with Crippen LogP contribution in [-0.2, 0) is 14.3 Å². The summed E-state index contributed by atoms with van der Waals surface area (Å²) in [6.07, 6.45) is 0. The summed E-state index contributed by atoms with van der Waals surface area (Å²) in [7, 11) is 1.57. The molecule has 1 rings (SSSR count). The number of amides is 1. The van der Waals surface area contributed by atoms with Gasteiger partial charge in [0.15, 0.2) is 0 Å². The molecule has 1 aromatic rings. The first kappa shape index (κ1) is 16.5. The molecule has 0 aliphatic carbocycles. The van der Waals surface area contributed by atoms with Gasteiger partial charge >= 0.3 is 5.97 Å². The van der Waals surface area contributed by atoms with E-state index in [4.69, 9.17) is 14.6 Å². The van der Waals surface area contributed by atoms with Crippen LogP contribution in [0.5, 0.6) is 5.75 Å².